The molecular formula is C18H17N3O3S. The molecule has 6 nitrogen and oxygen atoms in total. The Morgan fingerprint density at radius 3 is 2.56 bits per heavy atom. The summed E-state index contributed by atoms with van der Waals surface area (Å²) in [6.07, 6.45) is 0. The van der Waals surface area contributed by atoms with E-state index in [0.717, 1.165) is 5.52 Å². The summed E-state index contributed by atoms with van der Waals surface area (Å²) in [7, 11) is -3.58. The zero-order valence-electron chi connectivity index (χ0n) is 13.7. The maximum Gasteiger partial charge on any atom is 0.277 e. The van der Waals surface area contributed by atoms with E-state index in [9.17, 15) is 13.2 Å². The van der Waals surface area contributed by atoms with Gasteiger partial charge < -0.3 is 4.57 Å². The van der Waals surface area contributed by atoms with Crippen LogP contribution in [0.3, 0.4) is 0 Å². The normalized spacial score (nSPS) is 16.7. The third-order valence-corrected chi connectivity index (χ3v) is 6.40. The van der Waals surface area contributed by atoms with Crippen LogP contribution in [0.2, 0.25) is 0 Å². The van der Waals surface area contributed by atoms with Crippen LogP contribution in [-0.4, -0.2) is 41.1 Å². The molecule has 0 saturated carbocycles. The van der Waals surface area contributed by atoms with Crippen molar-refractivity contribution in [3.63, 3.8) is 0 Å². The summed E-state index contributed by atoms with van der Waals surface area (Å²) >= 11 is 0. The van der Waals surface area contributed by atoms with E-state index in [-0.39, 0.29) is 10.9 Å². The second-order valence-corrected chi connectivity index (χ2v) is 7.77. The number of hydrogen-bond acceptors (Lipinski definition) is 4. The van der Waals surface area contributed by atoms with Gasteiger partial charge in [0.1, 0.15) is 0 Å². The van der Waals surface area contributed by atoms with Crippen LogP contribution >= 0.6 is 0 Å². The molecule has 0 atom stereocenters. The highest BCUT2D eigenvalue weighted by Crippen LogP contribution is 2.27. The fraction of sp³-hybridized carbons (Fsp3) is 0.222. The number of likely N-dealkylation sites (N-methyl/N-ethyl adjacent to an activating group) is 1. The van der Waals surface area contributed by atoms with Gasteiger partial charge in [0, 0.05) is 30.8 Å². The van der Waals surface area contributed by atoms with Gasteiger partial charge in [-0.15, -0.1) is 0 Å². The molecule has 25 heavy (non-hydrogen) atoms. The van der Waals surface area contributed by atoms with E-state index in [1.807, 2.05) is 25.1 Å². The van der Waals surface area contributed by atoms with Crippen molar-refractivity contribution >= 4 is 26.8 Å². The molecule has 0 spiro atoms. The first-order valence-corrected chi connectivity index (χ1v) is 9.56. The fourth-order valence-corrected chi connectivity index (χ4v) is 4.77. The number of rotatable bonds is 3. The first kappa shape index (κ1) is 16.0. The molecule has 0 fully saturated rings. The highest BCUT2D eigenvalue weighted by molar-refractivity contribution is 7.89. The molecule has 0 radical (unpaired) electrons. The highest BCUT2D eigenvalue weighted by atomic mass is 32.2. The number of fused-ring (bicyclic) bond motifs is 3. The molecule has 1 aliphatic rings. The minimum absolute atomic E-state index is 0.0555. The van der Waals surface area contributed by atoms with Crippen LogP contribution in [0.15, 0.2) is 53.7 Å². The maximum absolute atomic E-state index is 12.6. The van der Waals surface area contributed by atoms with Gasteiger partial charge >= 0.3 is 0 Å². The third kappa shape index (κ3) is 2.47. The Morgan fingerprint density at radius 2 is 1.84 bits per heavy atom. The third-order valence-electron chi connectivity index (χ3n) is 4.51. The Hall–Kier alpha value is -2.51. The standard InChI is InChI=1S/C18H17N3O3S/c1-2-20-10-11-21-16-9-8-14(17(22)13-6-4-3-5-7-13)12-15(16)19-18(21)25(20,23)24/h3-9,12H,2,10-11H2,1H3. The SMILES string of the molecule is CCN1CCn2c(nc3cc(C(=O)c4ccccc4)ccc32)S1(=O)=O. The molecule has 0 N–H and O–H groups in total. The van der Waals surface area contributed by atoms with Crippen LogP contribution in [0.1, 0.15) is 22.8 Å². The minimum atomic E-state index is -3.58. The van der Waals surface area contributed by atoms with Crippen molar-refractivity contribution in [3.8, 4) is 0 Å². The molecule has 0 aliphatic carbocycles. The summed E-state index contributed by atoms with van der Waals surface area (Å²) < 4.78 is 28.4. The van der Waals surface area contributed by atoms with Crippen LogP contribution in [0.4, 0.5) is 0 Å². The number of imidazole rings is 1. The topological polar surface area (TPSA) is 72.3 Å². The zero-order valence-corrected chi connectivity index (χ0v) is 14.5. The highest BCUT2D eigenvalue weighted by Gasteiger charge is 2.33. The van der Waals surface area contributed by atoms with Crippen LogP contribution in [-0.2, 0) is 16.6 Å². The van der Waals surface area contributed by atoms with Gasteiger partial charge in [0.25, 0.3) is 10.0 Å². The lowest BCUT2D eigenvalue weighted by Crippen LogP contribution is -2.39. The Morgan fingerprint density at radius 1 is 1.08 bits per heavy atom. The predicted octanol–water partition coefficient (Wildman–Crippen LogP) is 2.29. The summed E-state index contributed by atoms with van der Waals surface area (Å²) in [5.74, 6) is -0.105. The first-order chi connectivity index (χ1) is 12.0. The van der Waals surface area contributed by atoms with Crippen molar-refractivity contribution in [1.29, 1.82) is 0 Å². The van der Waals surface area contributed by atoms with E-state index in [2.05, 4.69) is 4.98 Å². The van der Waals surface area contributed by atoms with Gasteiger partial charge in [-0.3, -0.25) is 4.79 Å². The smallest absolute Gasteiger partial charge is 0.277 e. The quantitative estimate of drug-likeness (QED) is 0.676. The molecule has 1 aromatic heterocycles. The molecule has 0 amide bonds. The molecule has 1 aliphatic heterocycles. The Bertz CT molecular complexity index is 1070. The Labute approximate surface area is 145 Å². The van der Waals surface area contributed by atoms with Gasteiger partial charge in [-0.05, 0) is 18.2 Å². The average Bonchev–Trinajstić information content (AvgIpc) is 3.01. The second kappa shape index (κ2) is 5.79. The monoisotopic (exact) mass is 355 g/mol. The number of sulfonamides is 1. The molecule has 7 heteroatoms. The number of ketones is 1. The van der Waals surface area contributed by atoms with Gasteiger partial charge in [0.2, 0.25) is 5.16 Å². The van der Waals surface area contributed by atoms with Crippen molar-refractivity contribution in [2.45, 2.75) is 18.6 Å². The van der Waals surface area contributed by atoms with Gasteiger partial charge in [-0.1, -0.05) is 37.3 Å². The predicted molar refractivity (Wildman–Crippen MR) is 94.0 cm³/mol. The zero-order chi connectivity index (χ0) is 17.6. The summed E-state index contributed by atoms with van der Waals surface area (Å²) in [4.78, 5) is 16.9. The molecule has 4 rings (SSSR count). The summed E-state index contributed by atoms with van der Waals surface area (Å²) in [6.45, 7) is 3.22. The number of aromatic nitrogens is 2. The molecule has 0 bridgehead atoms. The first-order valence-electron chi connectivity index (χ1n) is 8.12. The molecular weight excluding hydrogens is 338 g/mol. The second-order valence-electron chi connectivity index (χ2n) is 5.94. The number of carbonyl (C=O) groups excluding carboxylic acids is 1. The van der Waals surface area contributed by atoms with Crippen molar-refractivity contribution in [2.24, 2.45) is 0 Å². The van der Waals surface area contributed by atoms with Crippen molar-refractivity contribution in [1.82, 2.24) is 13.9 Å². The maximum atomic E-state index is 12.6. The molecule has 2 aromatic carbocycles. The molecule has 0 unspecified atom stereocenters. The van der Waals surface area contributed by atoms with E-state index in [1.54, 1.807) is 34.9 Å². The Kier molecular flexibility index (Phi) is 3.70. The van der Waals surface area contributed by atoms with Gasteiger partial charge in [0.15, 0.2) is 5.78 Å². The largest absolute Gasteiger partial charge is 0.312 e. The number of hydrogen-bond donors (Lipinski definition) is 0. The Balaban J connectivity index is 1.83. The van der Waals surface area contributed by atoms with Crippen molar-refractivity contribution < 1.29 is 13.2 Å². The summed E-state index contributed by atoms with van der Waals surface area (Å²) in [5.41, 5.74) is 2.35. The van der Waals surface area contributed by atoms with E-state index < -0.39 is 10.0 Å². The number of nitrogens with zero attached hydrogens (tertiary/aromatic N) is 3. The summed E-state index contributed by atoms with van der Waals surface area (Å²) in [5, 5.41) is 0.0555. The lowest BCUT2D eigenvalue weighted by atomic mass is 10.0. The molecule has 128 valence electrons. The summed E-state index contributed by atoms with van der Waals surface area (Å²) in [6, 6.07) is 14.2. The van der Waals surface area contributed by atoms with E-state index >= 15 is 0 Å². The van der Waals surface area contributed by atoms with Crippen molar-refractivity contribution in [3.05, 3.63) is 59.7 Å². The van der Waals surface area contributed by atoms with E-state index in [4.69, 9.17) is 0 Å². The molecule has 2 heterocycles. The van der Waals surface area contributed by atoms with Crippen LogP contribution in [0.25, 0.3) is 11.0 Å². The molecule has 0 saturated heterocycles. The van der Waals surface area contributed by atoms with E-state index in [0.29, 0.717) is 36.3 Å². The van der Waals surface area contributed by atoms with Gasteiger partial charge in [-0.25, -0.2) is 13.4 Å². The lowest BCUT2D eigenvalue weighted by molar-refractivity contribution is 0.103. The van der Waals surface area contributed by atoms with Crippen LogP contribution in [0, 0.1) is 0 Å². The number of carbonyl (C=O) groups is 1. The average molecular weight is 355 g/mol. The number of benzene rings is 2. The van der Waals surface area contributed by atoms with Crippen molar-refractivity contribution in [2.75, 3.05) is 13.1 Å². The van der Waals surface area contributed by atoms with E-state index in [1.165, 1.54) is 4.31 Å². The lowest BCUT2D eigenvalue weighted by Gasteiger charge is -2.25. The van der Waals surface area contributed by atoms with Gasteiger partial charge in [-0.2, -0.15) is 4.31 Å². The minimum Gasteiger partial charge on any atom is -0.312 e. The molecule has 3 aromatic rings. The fourth-order valence-electron chi connectivity index (χ4n) is 3.19. The van der Waals surface area contributed by atoms with Crippen LogP contribution in [0.5, 0.6) is 0 Å². The van der Waals surface area contributed by atoms with Crippen LogP contribution < -0.4 is 0 Å². The van der Waals surface area contributed by atoms with Gasteiger partial charge in [0.05, 0.1) is 11.0 Å².